The summed E-state index contributed by atoms with van der Waals surface area (Å²) >= 11 is 0. The van der Waals surface area contributed by atoms with E-state index in [1.807, 2.05) is 6.92 Å². The second-order valence-corrected chi connectivity index (χ2v) is 7.16. The van der Waals surface area contributed by atoms with Crippen LogP contribution in [0.25, 0.3) is 0 Å². The van der Waals surface area contributed by atoms with Crippen LogP contribution in [-0.4, -0.2) is 41.7 Å². The Bertz CT molecular complexity index is 631. The summed E-state index contributed by atoms with van der Waals surface area (Å²) in [6.45, 7) is 6.25. The van der Waals surface area contributed by atoms with Crippen LogP contribution in [0.3, 0.4) is 0 Å². The number of carboxylic acid groups (broad SMARTS) is 1. The smallest absolute Gasteiger partial charge is 0.352 e. The number of aliphatic hydroxyl groups is 1. The van der Waals surface area contributed by atoms with Crippen LogP contribution in [0, 0.1) is 13.8 Å². The molecule has 7 nitrogen and oxygen atoms in total. The lowest BCUT2D eigenvalue weighted by Crippen LogP contribution is -2.40. The number of carboxylic acids is 1. The molecule has 0 aliphatic heterocycles. The van der Waals surface area contributed by atoms with Gasteiger partial charge >= 0.3 is 5.97 Å². The predicted molar refractivity (Wildman–Crippen MR) is 77.9 cm³/mol. The number of nitrogens with one attached hydrogen (secondary N) is 2. The van der Waals surface area contributed by atoms with Gasteiger partial charge < -0.3 is 15.2 Å². The molecule has 1 atom stereocenters. The molecule has 1 rings (SSSR count). The van der Waals surface area contributed by atoms with Gasteiger partial charge in [0.1, 0.15) is 10.6 Å². The molecule has 0 spiro atoms. The lowest BCUT2D eigenvalue weighted by atomic mass is 10.0. The highest BCUT2D eigenvalue weighted by Crippen LogP contribution is 2.23. The van der Waals surface area contributed by atoms with E-state index in [0.717, 1.165) is 6.42 Å². The van der Waals surface area contributed by atoms with Crippen molar-refractivity contribution in [2.24, 2.45) is 0 Å². The van der Waals surface area contributed by atoms with Crippen molar-refractivity contribution in [3.8, 4) is 0 Å². The van der Waals surface area contributed by atoms with Gasteiger partial charge in [0, 0.05) is 17.8 Å². The van der Waals surface area contributed by atoms with E-state index in [1.165, 1.54) is 13.8 Å². The summed E-state index contributed by atoms with van der Waals surface area (Å²) in [5.74, 6) is -1.21. The molecule has 1 aromatic heterocycles. The van der Waals surface area contributed by atoms with Gasteiger partial charge in [0.15, 0.2) is 0 Å². The van der Waals surface area contributed by atoms with Crippen molar-refractivity contribution in [3.63, 3.8) is 0 Å². The maximum atomic E-state index is 12.3. The molecule has 8 heteroatoms. The predicted octanol–water partition coefficient (Wildman–Crippen LogP) is 1.16. The molecule has 0 amide bonds. The Kier molecular flexibility index (Phi) is 5.19. The zero-order chi connectivity index (χ0) is 16.4. The number of aromatic amines is 1. The summed E-state index contributed by atoms with van der Waals surface area (Å²) in [6.07, 6.45) is 1.18. The van der Waals surface area contributed by atoms with Crippen LogP contribution in [0.1, 0.15) is 48.4 Å². The number of hydrogen-bond acceptors (Lipinski definition) is 4. The Morgan fingerprint density at radius 1 is 1.38 bits per heavy atom. The summed E-state index contributed by atoms with van der Waals surface area (Å²) in [6, 6.07) is 0. The lowest BCUT2D eigenvalue weighted by molar-refractivity contribution is 0.0554. The Morgan fingerprint density at radius 2 is 1.95 bits per heavy atom. The van der Waals surface area contributed by atoms with Crippen molar-refractivity contribution in [2.45, 2.75) is 51.0 Å². The number of hydrogen-bond donors (Lipinski definition) is 4. The first-order valence-electron chi connectivity index (χ1n) is 6.66. The Balaban J connectivity index is 3.07. The van der Waals surface area contributed by atoms with Crippen LogP contribution < -0.4 is 4.72 Å². The molecular weight excluding hydrogens is 296 g/mol. The number of aromatic carboxylic acids is 1. The lowest BCUT2D eigenvalue weighted by Gasteiger charge is -2.23. The van der Waals surface area contributed by atoms with Crippen molar-refractivity contribution in [1.29, 1.82) is 0 Å². The Labute approximate surface area is 124 Å². The molecule has 0 aromatic carbocycles. The highest BCUT2D eigenvalue weighted by molar-refractivity contribution is 7.89. The molecular formula is C13H22N2O5S. The Hall–Kier alpha value is -1.38. The average molecular weight is 318 g/mol. The molecule has 0 aliphatic rings. The quantitative estimate of drug-likeness (QED) is 0.601. The fourth-order valence-electron chi connectivity index (χ4n) is 2.30. The number of H-pyrrole nitrogens is 1. The van der Waals surface area contributed by atoms with Gasteiger partial charge in [-0.1, -0.05) is 13.3 Å². The van der Waals surface area contributed by atoms with E-state index in [4.69, 9.17) is 5.11 Å². The maximum absolute atomic E-state index is 12.3. The standard InChI is InChI=1S/C13H22N2O5S/c1-5-6-13(4,18)7-14-21(19,20)11-8(2)10(12(16)17)15-9(11)3/h14-15,18H,5-7H2,1-4H3,(H,16,17). The molecule has 0 radical (unpaired) electrons. The first-order chi connectivity index (χ1) is 9.52. The second-order valence-electron chi connectivity index (χ2n) is 5.46. The topological polar surface area (TPSA) is 119 Å². The molecule has 0 fully saturated rings. The number of aryl methyl sites for hydroxylation is 1. The van der Waals surface area contributed by atoms with Crippen LogP contribution in [0.4, 0.5) is 0 Å². The molecule has 0 bridgehead atoms. The summed E-state index contributed by atoms with van der Waals surface area (Å²) in [5, 5.41) is 19.0. The highest BCUT2D eigenvalue weighted by atomic mass is 32.2. The summed E-state index contributed by atoms with van der Waals surface area (Å²) in [7, 11) is -3.89. The first kappa shape index (κ1) is 17.7. The molecule has 4 N–H and O–H groups in total. The van der Waals surface area contributed by atoms with Crippen molar-refractivity contribution < 1.29 is 23.4 Å². The molecule has 1 aromatic rings. The number of aromatic nitrogens is 1. The van der Waals surface area contributed by atoms with Gasteiger partial charge in [-0.3, -0.25) is 0 Å². The second kappa shape index (κ2) is 6.17. The van der Waals surface area contributed by atoms with E-state index in [2.05, 4.69) is 9.71 Å². The van der Waals surface area contributed by atoms with E-state index < -0.39 is 21.6 Å². The van der Waals surface area contributed by atoms with Crippen LogP contribution in [0.5, 0.6) is 0 Å². The fourth-order valence-corrected chi connectivity index (χ4v) is 3.90. The Morgan fingerprint density at radius 3 is 2.38 bits per heavy atom. The van der Waals surface area contributed by atoms with Gasteiger partial charge in [-0.25, -0.2) is 17.9 Å². The van der Waals surface area contributed by atoms with Crippen molar-refractivity contribution in [1.82, 2.24) is 9.71 Å². The summed E-state index contributed by atoms with van der Waals surface area (Å²) in [4.78, 5) is 13.5. The molecule has 0 saturated heterocycles. The molecule has 1 unspecified atom stereocenters. The van der Waals surface area contributed by atoms with Crippen molar-refractivity contribution in [2.75, 3.05) is 6.54 Å². The molecule has 0 saturated carbocycles. The van der Waals surface area contributed by atoms with Crippen molar-refractivity contribution >= 4 is 16.0 Å². The minimum absolute atomic E-state index is 0.0767. The SMILES string of the molecule is CCCC(C)(O)CNS(=O)(=O)c1c(C)[nH]c(C(=O)O)c1C. The zero-order valence-corrected chi connectivity index (χ0v) is 13.5. The highest BCUT2D eigenvalue weighted by Gasteiger charge is 2.28. The summed E-state index contributed by atoms with van der Waals surface area (Å²) < 4.78 is 27.0. The average Bonchev–Trinajstić information content (AvgIpc) is 2.63. The maximum Gasteiger partial charge on any atom is 0.352 e. The van der Waals surface area contributed by atoms with Gasteiger partial charge in [0.25, 0.3) is 0 Å². The fraction of sp³-hybridized carbons (Fsp3) is 0.615. The van der Waals surface area contributed by atoms with Crippen LogP contribution in [0.2, 0.25) is 0 Å². The van der Waals surface area contributed by atoms with Gasteiger partial charge in [-0.2, -0.15) is 0 Å². The van der Waals surface area contributed by atoms with Gasteiger partial charge in [0.2, 0.25) is 10.0 Å². The molecule has 120 valence electrons. The van der Waals surface area contributed by atoms with E-state index in [-0.39, 0.29) is 28.4 Å². The van der Waals surface area contributed by atoms with E-state index in [0.29, 0.717) is 6.42 Å². The van der Waals surface area contributed by atoms with Crippen molar-refractivity contribution in [3.05, 3.63) is 17.0 Å². The van der Waals surface area contributed by atoms with E-state index in [9.17, 15) is 18.3 Å². The largest absolute Gasteiger partial charge is 0.477 e. The van der Waals surface area contributed by atoms with E-state index >= 15 is 0 Å². The third-order valence-electron chi connectivity index (χ3n) is 3.28. The van der Waals surface area contributed by atoms with Crippen LogP contribution >= 0.6 is 0 Å². The molecule has 21 heavy (non-hydrogen) atoms. The van der Waals surface area contributed by atoms with Gasteiger partial charge in [0.05, 0.1) is 5.60 Å². The third-order valence-corrected chi connectivity index (χ3v) is 4.96. The normalized spacial score (nSPS) is 14.9. The molecule has 0 aliphatic carbocycles. The monoisotopic (exact) mass is 318 g/mol. The zero-order valence-electron chi connectivity index (χ0n) is 12.6. The van der Waals surface area contributed by atoms with Gasteiger partial charge in [-0.15, -0.1) is 0 Å². The molecule has 1 heterocycles. The first-order valence-corrected chi connectivity index (χ1v) is 8.14. The number of rotatable bonds is 7. The summed E-state index contributed by atoms with van der Waals surface area (Å²) in [5.41, 5.74) is -0.876. The third kappa shape index (κ3) is 4.05. The van der Waals surface area contributed by atoms with E-state index in [1.54, 1.807) is 6.92 Å². The minimum Gasteiger partial charge on any atom is -0.477 e. The van der Waals surface area contributed by atoms with Gasteiger partial charge in [-0.05, 0) is 27.2 Å². The number of carbonyl (C=O) groups is 1. The minimum atomic E-state index is -3.89. The van der Waals surface area contributed by atoms with Crippen LogP contribution in [-0.2, 0) is 10.0 Å². The van der Waals surface area contributed by atoms with Crippen LogP contribution in [0.15, 0.2) is 4.90 Å². The number of sulfonamides is 1.